The lowest BCUT2D eigenvalue weighted by Crippen LogP contribution is -1.97. The van der Waals surface area contributed by atoms with Crippen molar-refractivity contribution >= 4 is 43.2 Å². The van der Waals surface area contributed by atoms with E-state index in [1.165, 1.54) is 32.5 Å². The van der Waals surface area contributed by atoms with Crippen LogP contribution in [0.3, 0.4) is 0 Å². The third-order valence-corrected chi connectivity index (χ3v) is 9.91. The second-order valence-electron chi connectivity index (χ2n) is 13.0. The third kappa shape index (κ3) is 5.09. The number of aromatic nitrogens is 4. The molecule has 0 aliphatic heterocycles. The molecule has 0 aliphatic rings. The van der Waals surface area contributed by atoms with E-state index in [9.17, 15) is 0 Å². The summed E-state index contributed by atoms with van der Waals surface area (Å²) in [6.07, 6.45) is 1.80. The molecule has 52 heavy (non-hydrogen) atoms. The van der Waals surface area contributed by atoms with E-state index in [-0.39, 0.29) is 0 Å². The van der Waals surface area contributed by atoms with Gasteiger partial charge in [-0.25, -0.2) is 15.0 Å². The molecule has 0 fully saturated rings. The van der Waals surface area contributed by atoms with E-state index in [0.29, 0.717) is 5.82 Å². The molecule has 0 atom stereocenters. The van der Waals surface area contributed by atoms with Crippen molar-refractivity contribution in [3.8, 4) is 56.4 Å². The van der Waals surface area contributed by atoms with Crippen molar-refractivity contribution in [3.63, 3.8) is 0 Å². The number of para-hydroxylation sites is 1. The fourth-order valence-electron chi connectivity index (χ4n) is 7.47. The largest absolute Gasteiger partial charge is 0.255 e. The topological polar surface area (TPSA) is 51.6 Å². The fourth-order valence-corrected chi connectivity index (χ4v) is 7.47. The Kier molecular flexibility index (Phi) is 7.10. The Morgan fingerprint density at radius 3 is 1.63 bits per heavy atom. The van der Waals surface area contributed by atoms with Gasteiger partial charge in [-0.3, -0.25) is 4.98 Å². The second kappa shape index (κ2) is 12.4. The Morgan fingerprint density at radius 1 is 0.308 bits per heavy atom. The van der Waals surface area contributed by atoms with Gasteiger partial charge in [0, 0.05) is 39.0 Å². The van der Waals surface area contributed by atoms with Crippen LogP contribution in [0.25, 0.3) is 99.6 Å². The van der Waals surface area contributed by atoms with Crippen molar-refractivity contribution in [3.05, 3.63) is 182 Å². The molecule has 0 saturated carbocycles. The summed E-state index contributed by atoms with van der Waals surface area (Å²) in [4.78, 5) is 20.3. The van der Waals surface area contributed by atoms with Crippen LogP contribution in [-0.2, 0) is 0 Å². The summed E-state index contributed by atoms with van der Waals surface area (Å²) in [5.41, 5.74) is 9.57. The summed E-state index contributed by atoms with van der Waals surface area (Å²) in [5.74, 6) is 0.648. The van der Waals surface area contributed by atoms with Gasteiger partial charge in [0.1, 0.15) is 0 Å². The summed E-state index contributed by atoms with van der Waals surface area (Å²) in [6.45, 7) is 0. The normalized spacial score (nSPS) is 11.5. The summed E-state index contributed by atoms with van der Waals surface area (Å²) in [6, 6.07) is 61.3. The minimum Gasteiger partial charge on any atom is -0.255 e. The summed E-state index contributed by atoms with van der Waals surface area (Å²) >= 11 is 0. The third-order valence-electron chi connectivity index (χ3n) is 9.91. The Balaban J connectivity index is 1.18. The average Bonchev–Trinajstić information content (AvgIpc) is 3.24. The van der Waals surface area contributed by atoms with Crippen LogP contribution in [0.15, 0.2) is 182 Å². The minimum atomic E-state index is 0.648. The number of benzene rings is 7. The van der Waals surface area contributed by atoms with Crippen LogP contribution in [0, 0.1) is 0 Å². The molecular weight excluding hydrogens is 633 g/mol. The van der Waals surface area contributed by atoms with E-state index >= 15 is 0 Å². The zero-order valence-corrected chi connectivity index (χ0v) is 28.1. The molecule has 4 nitrogen and oxygen atoms in total. The Bertz CT molecular complexity index is 2940. The molecule has 0 amide bonds. The van der Waals surface area contributed by atoms with Gasteiger partial charge in [-0.05, 0) is 63.0 Å². The van der Waals surface area contributed by atoms with Crippen LogP contribution in [-0.4, -0.2) is 19.9 Å². The van der Waals surface area contributed by atoms with Gasteiger partial charge < -0.3 is 0 Å². The van der Waals surface area contributed by atoms with E-state index in [1.807, 2.05) is 30.3 Å². The van der Waals surface area contributed by atoms with Gasteiger partial charge in [0.05, 0.1) is 28.3 Å². The molecule has 3 aromatic heterocycles. The SMILES string of the molecule is c1ccc(-c2ccc(-c3nc(-c4cccc(-c5nc6ccccc6c6c7ccccc7c7ccccc7c56)c4)cc(-c4ccccn4)n3)cc2)cc1. The van der Waals surface area contributed by atoms with Gasteiger partial charge in [0.15, 0.2) is 5.82 Å². The zero-order valence-electron chi connectivity index (χ0n) is 28.1. The zero-order chi connectivity index (χ0) is 34.4. The van der Waals surface area contributed by atoms with Crippen molar-refractivity contribution in [1.29, 1.82) is 0 Å². The molecule has 242 valence electrons. The first kappa shape index (κ1) is 29.8. The van der Waals surface area contributed by atoms with Crippen LogP contribution in [0.1, 0.15) is 0 Å². The first-order valence-electron chi connectivity index (χ1n) is 17.5. The van der Waals surface area contributed by atoms with Crippen LogP contribution < -0.4 is 0 Å². The van der Waals surface area contributed by atoms with Crippen LogP contribution in [0.4, 0.5) is 0 Å². The van der Waals surface area contributed by atoms with Crippen molar-refractivity contribution in [2.24, 2.45) is 0 Å². The van der Waals surface area contributed by atoms with Gasteiger partial charge in [-0.2, -0.15) is 0 Å². The second-order valence-corrected chi connectivity index (χ2v) is 13.0. The van der Waals surface area contributed by atoms with Crippen molar-refractivity contribution in [2.75, 3.05) is 0 Å². The number of rotatable bonds is 5. The maximum Gasteiger partial charge on any atom is 0.160 e. The molecule has 0 bridgehead atoms. The minimum absolute atomic E-state index is 0.648. The van der Waals surface area contributed by atoms with E-state index in [0.717, 1.165) is 61.3 Å². The monoisotopic (exact) mass is 662 g/mol. The summed E-state index contributed by atoms with van der Waals surface area (Å²) in [7, 11) is 0. The van der Waals surface area contributed by atoms with Gasteiger partial charge >= 0.3 is 0 Å². The highest BCUT2D eigenvalue weighted by Gasteiger charge is 2.18. The number of pyridine rings is 2. The van der Waals surface area contributed by atoms with Crippen molar-refractivity contribution in [2.45, 2.75) is 0 Å². The first-order valence-corrected chi connectivity index (χ1v) is 17.5. The van der Waals surface area contributed by atoms with Gasteiger partial charge in [0.2, 0.25) is 0 Å². The van der Waals surface area contributed by atoms with E-state index in [4.69, 9.17) is 15.0 Å². The van der Waals surface area contributed by atoms with Crippen LogP contribution in [0.5, 0.6) is 0 Å². The molecule has 10 aromatic rings. The summed E-state index contributed by atoms with van der Waals surface area (Å²) in [5, 5.41) is 8.41. The molecule has 3 heterocycles. The molecular formula is C48H30N4. The Morgan fingerprint density at radius 2 is 0.885 bits per heavy atom. The van der Waals surface area contributed by atoms with E-state index in [1.54, 1.807) is 6.20 Å². The summed E-state index contributed by atoms with van der Waals surface area (Å²) < 4.78 is 0. The molecule has 4 heteroatoms. The molecule has 0 unspecified atom stereocenters. The molecule has 7 aromatic carbocycles. The average molecular weight is 663 g/mol. The fraction of sp³-hybridized carbons (Fsp3) is 0. The smallest absolute Gasteiger partial charge is 0.160 e. The highest BCUT2D eigenvalue weighted by molar-refractivity contribution is 6.33. The van der Waals surface area contributed by atoms with E-state index < -0.39 is 0 Å². The molecule has 0 spiro atoms. The molecule has 0 radical (unpaired) electrons. The van der Waals surface area contributed by atoms with Gasteiger partial charge in [-0.15, -0.1) is 0 Å². The van der Waals surface area contributed by atoms with Gasteiger partial charge in [-0.1, -0.05) is 146 Å². The number of fused-ring (bicyclic) bond motifs is 8. The van der Waals surface area contributed by atoms with Crippen LogP contribution >= 0.6 is 0 Å². The molecule has 0 N–H and O–H groups in total. The lowest BCUT2D eigenvalue weighted by atomic mass is 9.89. The predicted octanol–water partition coefficient (Wildman–Crippen LogP) is 12.2. The number of hydrogen-bond donors (Lipinski definition) is 0. The number of nitrogens with zero attached hydrogens (tertiary/aromatic N) is 4. The molecule has 10 rings (SSSR count). The molecule has 0 saturated heterocycles. The first-order chi connectivity index (χ1) is 25.8. The Labute approximate surface area is 300 Å². The van der Waals surface area contributed by atoms with Gasteiger partial charge in [0.25, 0.3) is 0 Å². The molecule has 0 aliphatic carbocycles. The lowest BCUT2D eigenvalue weighted by Gasteiger charge is -2.16. The maximum absolute atomic E-state index is 5.39. The maximum atomic E-state index is 5.39. The highest BCUT2D eigenvalue weighted by Crippen LogP contribution is 2.43. The highest BCUT2D eigenvalue weighted by atomic mass is 14.9. The standard InChI is InChI=1S/C48H30N4/c1-2-13-31(14-3-1)32-24-26-33(27-25-32)48-51-43(30-44(52-48)42-23-10-11-28-49-42)34-15-12-16-35(29-34)47-46-39-20-7-5-18-37(39)36-17-4-6-19-38(36)45(46)40-21-8-9-22-41(40)50-47/h1-30H. The Hall–Kier alpha value is -7.04. The quantitative estimate of drug-likeness (QED) is 0.172. The van der Waals surface area contributed by atoms with Crippen LogP contribution in [0.2, 0.25) is 0 Å². The van der Waals surface area contributed by atoms with Crippen molar-refractivity contribution < 1.29 is 0 Å². The van der Waals surface area contributed by atoms with Crippen molar-refractivity contribution in [1.82, 2.24) is 19.9 Å². The predicted molar refractivity (Wildman–Crippen MR) is 215 cm³/mol. The number of hydrogen-bond acceptors (Lipinski definition) is 4. The van der Waals surface area contributed by atoms with E-state index in [2.05, 4.69) is 151 Å². The lowest BCUT2D eigenvalue weighted by molar-refractivity contribution is 1.16.